The summed E-state index contributed by atoms with van der Waals surface area (Å²) in [6, 6.07) is 14.9. The summed E-state index contributed by atoms with van der Waals surface area (Å²) in [7, 11) is 0. The topological polar surface area (TPSA) is 12.0 Å². The lowest BCUT2D eigenvalue weighted by Crippen LogP contribution is -2.00. The maximum absolute atomic E-state index is 3.56. The van der Waals surface area contributed by atoms with Gasteiger partial charge in [-0.3, -0.25) is 0 Å². The van der Waals surface area contributed by atoms with Crippen LogP contribution in [0.15, 0.2) is 51.8 Å². The Morgan fingerprint density at radius 3 is 2.56 bits per heavy atom. The highest BCUT2D eigenvalue weighted by Crippen LogP contribution is 2.25. The Labute approximate surface area is 134 Å². The SMILES string of the molecule is CSc1ccc(CNc2cc(I)ccc2Br)cc1. The van der Waals surface area contributed by atoms with E-state index in [-0.39, 0.29) is 0 Å². The molecule has 0 saturated heterocycles. The van der Waals surface area contributed by atoms with Gasteiger partial charge in [-0.1, -0.05) is 12.1 Å². The third-order valence-electron chi connectivity index (χ3n) is 2.57. The van der Waals surface area contributed by atoms with E-state index in [9.17, 15) is 0 Å². The standard InChI is InChI=1S/C14H13BrINS/c1-18-12-5-2-10(3-6-12)9-17-14-8-11(16)4-7-13(14)15/h2-8,17H,9H2,1H3. The second-order valence-electron chi connectivity index (χ2n) is 3.83. The highest BCUT2D eigenvalue weighted by atomic mass is 127. The fourth-order valence-electron chi connectivity index (χ4n) is 1.57. The predicted molar refractivity (Wildman–Crippen MR) is 92.4 cm³/mol. The summed E-state index contributed by atoms with van der Waals surface area (Å²) in [5.41, 5.74) is 2.43. The van der Waals surface area contributed by atoms with Crippen molar-refractivity contribution in [3.05, 3.63) is 56.1 Å². The zero-order valence-electron chi connectivity index (χ0n) is 9.91. The molecule has 0 atom stereocenters. The minimum atomic E-state index is 0.841. The average Bonchev–Trinajstić information content (AvgIpc) is 2.40. The summed E-state index contributed by atoms with van der Waals surface area (Å²) in [5, 5.41) is 3.45. The number of nitrogens with one attached hydrogen (secondary N) is 1. The van der Waals surface area contributed by atoms with Crippen LogP contribution in [-0.4, -0.2) is 6.26 Å². The van der Waals surface area contributed by atoms with Crippen molar-refractivity contribution >= 4 is 56.0 Å². The summed E-state index contributed by atoms with van der Waals surface area (Å²) in [6.45, 7) is 0.841. The monoisotopic (exact) mass is 433 g/mol. The third-order valence-corrected chi connectivity index (χ3v) is 4.68. The van der Waals surface area contributed by atoms with Crippen molar-refractivity contribution in [2.75, 3.05) is 11.6 Å². The molecule has 18 heavy (non-hydrogen) atoms. The molecule has 2 aromatic carbocycles. The molecule has 1 nitrogen and oxygen atoms in total. The van der Waals surface area contributed by atoms with E-state index in [0.29, 0.717) is 0 Å². The molecule has 0 amide bonds. The average molecular weight is 434 g/mol. The van der Waals surface area contributed by atoms with Crippen molar-refractivity contribution in [1.82, 2.24) is 0 Å². The lowest BCUT2D eigenvalue weighted by molar-refractivity contribution is 1.14. The van der Waals surface area contributed by atoms with Crippen molar-refractivity contribution in [2.45, 2.75) is 11.4 Å². The van der Waals surface area contributed by atoms with Crippen molar-refractivity contribution in [2.24, 2.45) is 0 Å². The highest BCUT2D eigenvalue weighted by Gasteiger charge is 2.00. The predicted octanol–water partition coefficient (Wildman–Crippen LogP) is 5.39. The molecular weight excluding hydrogens is 421 g/mol. The maximum atomic E-state index is 3.56. The molecule has 0 spiro atoms. The summed E-state index contributed by atoms with van der Waals surface area (Å²) in [5.74, 6) is 0. The number of halogens is 2. The van der Waals surface area contributed by atoms with E-state index in [1.165, 1.54) is 14.0 Å². The van der Waals surface area contributed by atoms with Gasteiger partial charge in [0.1, 0.15) is 0 Å². The van der Waals surface area contributed by atoms with Crippen LogP contribution in [0.5, 0.6) is 0 Å². The number of hydrogen-bond donors (Lipinski definition) is 1. The molecule has 0 bridgehead atoms. The van der Waals surface area contributed by atoms with Gasteiger partial charge in [-0.2, -0.15) is 0 Å². The summed E-state index contributed by atoms with van der Waals surface area (Å²) >= 11 is 7.65. The first-order chi connectivity index (χ1) is 8.69. The largest absolute Gasteiger partial charge is 0.380 e. The zero-order chi connectivity index (χ0) is 13.0. The smallest absolute Gasteiger partial charge is 0.0497 e. The molecule has 0 aliphatic rings. The maximum Gasteiger partial charge on any atom is 0.0497 e. The van der Waals surface area contributed by atoms with E-state index in [1.54, 1.807) is 11.8 Å². The fraction of sp³-hybridized carbons (Fsp3) is 0.143. The normalized spacial score (nSPS) is 10.4. The minimum absolute atomic E-state index is 0.841. The van der Waals surface area contributed by atoms with Gasteiger partial charge in [0.25, 0.3) is 0 Å². The lowest BCUT2D eigenvalue weighted by Gasteiger charge is -2.09. The molecular formula is C14H13BrINS. The molecule has 0 aromatic heterocycles. The first kappa shape index (κ1) is 14.2. The van der Waals surface area contributed by atoms with E-state index in [1.807, 2.05) is 0 Å². The Balaban J connectivity index is 2.04. The Morgan fingerprint density at radius 1 is 1.17 bits per heavy atom. The van der Waals surface area contributed by atoms with Gasteiger partial charge in [-0.05, 0) is 80.7 Å². The molecule has 0 radical (unpaired) electrons. The Hall–Kier alpha value is -0.200. The Morgan fingerprint density at radius 2 is 1.89 bits per heavy atom. The second-order valence-corrected chi connectivity index (χ2v) is 6.81. The van der Waals surface area contributed by atoms with E-state index >= 15 is 0 Å². The van der Waals surface area contributed by atoms with E-state index in [0.717, 1.165) is 16.7 Å². The van der Waals surface area contributed by atoms with Gasteiger partial charge >= 0.3 is 0 Å². The van der Waals surface area contributed by atoms with Crippen molar-refractivity contribution < 1.29 is 0 Å². The van der Waals surface area contributed by atoms with Gasteiger partial charge in [0, 0.05) is 25.2 Å². The molecule has 94 valence electrons. The molecule has 0 fully saturated rings. The summed E-state index contributed by atoms with van der Waals surface area (Å²) in [6.07, 6.45) is 2.09. The van der Waals surface area contributed by atoms with Gasteiger partial charge in [-0.15, -0.1) is 11.8 Å². The van der Waals surface area contributed by atoms with Gasteiger partial charge < -0.3 is 5.32 Å². The second kappa shape index (κ2) is 6.82. The van der Waals surface area contributed by atoms with Crippen molar-refractivity contribution in [1.29, 1.82) is 0 Å². The molecule has 0 saturated carbocycles. The molecule has 4 heteroatoms. The number of rotatable bonds is 4. The fourth-order valence-corrected chi connectivity index (χ4v) is 2.86. The van der Waals surface area contributed by atoms with Gasteiger partial charge in [-0.25, -0.2) is 0 Å². The van der Waals surface area contributed by atoms with Crippen LogP contribution < -0.4 is 5.32 Å². The van der Waals surface area contributed by atoms with E-state index < -0.39 is 0 Å². The summed E-state index contributed by atoms with van der Waals surface area (Å²) in [4.78, 5) is 1.30. The van der Waals surface area contributed by atoms with Crippen LogP contribution in [0, 0.1) is 3.57 Å². The molecule has 0 aliphatic carbocycles. The Bertz CT molecular complexity index is 528. The van der Waals surface area contributed by atoms with Crippen LogP contribution in [-0.2, 0) is 6.54 Å². The third kappa shape index (κ3) is 3.90. The molecule has 0 unspecified atom stereocenters. The first-order valence-electron chi connectivity index (χ1n) is 5.51. The number of thioether (sulfide) groups is 1. The molecule has 2 aromatic rings. The first-order valence-corrected chi connectivity index (χ1v) is 8.60. The van der Waals surface area contributed by atoms with Gasteiger partial charge in [0.2, 0.25) is 0 Å². The molecule has 1 N–H and O–H groups in total. The molecule has 0 heterocycles. The minimum Gasteiger partial charge on any atom is -0.380 e. The van der Waals surface area contributed by atoms with Crippen molar-refractivity contribution in [3.63, 3.8) is 0 Å². The van der Waals surface area contributed by atoms with Gasteiger partial charge in [0.05, 0.1) is 0 Å². The van der Waals surface area contributed by atoms with Crippen LogP contribution in [0.4, 0.5) is 5.69 Å². The quantitative estimate of drug-likeness (QED) is 0.512. The van der Waals surface area contributed by atoms with Gasteiger partial charge in [0.15, 0.2) is 0 Å². The number of hydrogen-bond acceptors (Lipinski definition) is 2. The highest BCUT2D eigenvalue weighted by molar-refractivity contribution is 14.1. The molecule has 2 rings (SSSR count). The van der Waals surface area contributed by atoms with Crippen LogP contribution in [0.3, 0.4) is 0 Å². The van der Waals surface area contributed by atoms with E-state index in [2.05, 4.69) is 92.6 Å². The van der Waals surface area contributed by atoms with Crippen LogP contribution in [0.1, 0.15) is 5.56 Å². The Kier molecular flexibility index (Phi) is 5.38. The number of benzene rings is 2. The zero-order valence-corrected chi connectivity index (χ0v) is 14.5. The van der Waals surface area contributed by atoms with Crippen LogP contribution in [0.2, 0.25) is 0 Å². The lowest BCUT2D eigenvalue weighted by atomic mass is 10.2. The van der Waals surface area contributed by atoms with Crippen LogP contribution >= 0.6 is 50.3 Å². The number of anilines is 1. The molecule has 0 aliphatic heterocycles. The van der Waals surface area contributed by atoms with E-state index in [4.69, 9.17) is 0 Å². The van der Waals surface area contributed by atoms with Crippen LogP contribution in [0.25, 0.3) is 0 Å². The summed E-state index contributed by atoms with van der Waals surface area (Å²) < 4.78 is 2.33. The van der Waals surface area contributed by atoms with Crippen molar-refractivity contribution in [3.8, 4) is 0 Å².